The van der Waals surface area contributed by atoms with E-state index < -0.39 is 0 Å². The first-order chi connectivity index (χ1) is 11.1. The number of hydrogen-bond donors (Lipinski definition) is 2. The molecule has 0 saturated carbocycles. The van der Waals surface area contributed by atoms with Crippen molar-refractivity contribution >= 4 is 23.4 Å². The van der Waals surface area contributed by atoms with Gasteiger partial charge in [-0.3, -0.25) is 9.59 Å². The number of hydrogen-bond acceptors (Lipinski definition) is 4. The number of carbonyl (C=O) groups excluding carboxylic acids is 2. The van der Waals surface area contributed by atoms with E-state index in [2.05, 4.69) is 15.6 Å². The Bertz CT molecular complexity index is 672. The first kappa shape index (κ1) is 16.8. The summed E-state index contributed by atoms with van der Waals surface area (Å²) >= 11 is 5.76. The van der Waals surface area contributed by atoms with Crippen molar-refractivity contribution < 1.29 is 14.3 Å². The lowest BCUT2D eigenvalue weighted by atomic mass is 10.2. The van der Waals surface area contributed by atoms with Crippen molar-refractivity contribution in [2.75, 3.05) is 20.2 Å². The molecule has 1 aromatic heterocycles. The van der Waals surface area contributed by atoms with Gasteiger partial charge >= 0.3 is 0 Å². The van der Waals surface area contributed by atoms with Crippen molar-refractivity contribution in [2.45, 2.75) is 0 Å². The third-order valence-electron chi connectivity index (χ3n) is 3.01. The van der Waals surface area contributed by atoms with E-state index in [1.165, 1.54) is 13.3 Å². The highest BCUT2D eigenvalue weighted by atomic mass is 35.5. The van der Waals surface area contributed by atoms with Gasteiger partial charge in [-0.1, -0.05) is 11.6 Å². The summed E-state index contributed by atoms with van der Waals surface area (Å²) in [5.74, 6) is -0.0419. The summed E-state index contributed by atoms with van der Waals surface area (Å²) < 4.78 is 4.92. The smallest absolute Gasteiger partial charge is 0.252 e. The summed E-state index contributed by atoms with van der Waals surface area (Å²) in [5, 5.41) is 5.98. The molecule has 0 saturated heterocycles. The number of amides is 2. The molecule has 0 aliphatic heterocycles. The maximum absolute atomic E-state index is 11.9. The fourth-order valence-electron chi connectivity index (χ4n) is 1.79. The summed E-state index contributed by atoms with van der Waals surface area (Å²) in [7, 11) is 1.51. The second-order valence-corrected chi connectivity index (χ2v) is 5.04. The Balaban J connectivity index is 1.75. The first-order valence-corrected chi connectivity index (χ1v) is 7.30. The molecule has 0 fully saturated rings. The molecule has 0 unspecified atom stereocenters. The number of rotatable bonds is 6. The topological polar surface area (TPSA) is 80.3 Å². The Morgan fingerprint density at radius 3 is 2.09 bits per heavy atom. The van der Waals surface area contributed by atoms with Gasteiger partial charge in [0.05, 0.1) is 12.7 Å². The van der Waals surface area contributed by atoms with E-state index in [0.717, 1.165) is 0 Å². The van der Waals surface area contributed by atoms with Gasteiger partial charge in [-0.2, -0.15) is 0 Å². The second-order valence-electron chi connectivity index (χ2n) is 4.61. The Morgan fingerprint density at radius 2 is 1.57 bits per heavy atom. The third kappa shape index (κ3) is 4.96. The number of pyridine rings is 1. The van der Waals surface area contributed by atoms with E-state index in [9.17, 15) is 9.59 Å². The molecule has 2 rings (SSSR count). The lowest BCUT2D eigenvalue weighted by molar-refractivity contribution is 0.0927. The van der Waals surface area contributed by atoms with E-state index in [-0.39, 0.29) is 11.8 Å². The maximum Gasteiger partial charge on any atom is 0.252 e. The zero-order valence-electron chi connectivity index (χ0n) is 12.5. The average molecular weight is 334 g/mol. The number of carbonyl (C=O) groups is 2. The molecule has 23 heavy (non-hydrogen) atoms. The first-order valence-electron chi connectivity index (χ1n) is 6.92. The molecular weight excluding hydrogens is 318 g/mol. The Morgan fingerprint density at radius 1 is 1.00 bits per heavy atom. The minimum absolute atomic E-state index is 0.220. The average Bonchev–Trinajstić information content (AvgIpc) is 2.59. The highest BCUT2D eigenvalue weighted by molar-refractivity contribution is 6.30. The number of ether oxygens (including phenoxy) is 1. The van der Waals surface area contributed by atoms with Crippen LogP contribution in [0.25, 0.3) is 0 Å². The van der Waals surface area contributed by atoms with E-state index in [0.29, 0.717) is 35.1 Å². The van der Waals surface area contributed by atoms with Gasteiger partial charge in [0, 0.05) is 35.9 Å². The third-order valence-corrected chi connectivity index (χ3v) is 3.26. The van der Waals surface area contributed by atoms with Crippen molar-refractivity contribution in [1.82, 2.24) is 15.6 Å². The van der Waals surface area contributed by atoms with Gasteiger partial charge in [-0.25, -0.2) is 4.98 Å². The standard InChI is InChI=1S/C16H16ClN3O3/c1-23-14-7-4-12(10-20-14)16(22)19-9-8-18-15(21)11-2-5-13(17)6-3-11/h2-7,10H,8-9H2,1H3,(H,18,21)(H,19,22). The predicted molar refractivity (Wildman–Crippen MR) is 86.9 cm³/mol. The second kappa shape index (κ2) is 8.14. The molecule has 2 amide bonds. The van der Waals surface area contributed by atoms with Gasteiger partial charge in [-0.05, 0) is 30.3 Å². The minimum Gasteiger partial charge on any atom is -0.481 e. The van der Waals surface area contributed by atoms with Crippen molar-refractivity contribution in [3.63, 3.8) is 0 Å². The van der Waals surface area contributed by atoms with Gasteiger partial charge in [0.2, 0.25) is 5.88 Å². The highest BCUT2D eigenvalue weighted by Gasteiger charge is 2.07. The van der Waals surface area contributed by atoms with Crippen molar-refractivity contribution in [3.05, 3.63) is 58.7 Å². The van der Waals surface area contributed by atoms with Crippen LogP contribution < -0.4 is 15.4 Å². The molecule has 6 nitrogen and oxygen atoms in total. The quantitative estimate of drug-likeness (QED) is 0.791. The van der Waals surface area contributed by atoms with Crippen LogP contribution in [0.4, 0.5) is 0 Å². The molecule has 2 N–H and O–H groups in total. The van der Waals surface area contributed by atoms with E-state index in [1.54, 1.807) is 36.4 Å². The Kier molecular flexibility index (Phi) is 5.94. The molecule has 120 valence electrons. The van der Waals surface area contributed by atoms with Crippen LogP contribution in [0, 0.1) is 0 Å². The van der Waals surface area contributed by atoms with Crippen LogP contribution in [0.15, 0.2) is 42.6 Å². The van der Waals surface area contributed by atoms with Crippen LogP contribution in [-0.2, 0) is 0 Å². The Hall–Kier alpha value is -2.60. The zero-order valence-corrected chi connectivity index (χ0v) is 13.3. The van der Waals surface area contributed by atoms with Crippen molar-refractivity contribution in [2.24, 2.45) is 0 Å². The van der Waals surface area contributed by atoms with Gasteiger partial charge in [0.25, 0.3) is 11.8 Å². The lowest BCUT2D eigenvalue weighted by Gasteiger charge is -2.07. The molecule has 1 heterocycles. The number of nitrogens with one attached hydrogen (secondary N) is 2. The van der Waals surface area contributed by atoms with Crippen LogP contribution in [0.3, 0.4) is 0 Å². The highest BCUT2D eigenvalue weighted by Crippen LogP contribution is 2.09. The predicted octanol–water partition coefficient (Wildman–Crippen LogP) is 1.90. The summed E-state index contributed by atoms with van der Waals surface area (Å²) in [6, 6.07) is 9.80. The van der Waals surface area contributed by atoms with Crippen LogP contribution in [0.5, 0.6) is 5.88 Å². The van der Waals surface area contributed by atoms with Crippen molar-refractivity contribution in [1.29, 1.82) is 0 Å². The van der Waals surface area contributed by atoms with Gasteiger partial charge in [0.15, 0.2) is 0 Å². The van der Waals surface area contributed by atoms with E-state index >= 15 is 0 Å². The van der Waals surface area contributed by atoms with Crippen LogP contribution >= 0.6 is 11.6 Å². The fraction of sp³-hybridized carbons (Fsp3) is 0.188. The zero-order chi connectivity index (χ0) is 16.7. The lowest BCUT2D eigenvalue weighted by Crippen LogP contribution is -2.34. The molecule has 0 radical (unpaired) electrons. The molecular formula is C16H16ClN3O3. The molecule has 0 atom stereocenters. The van der Waals surface area contributed by atoms with Gasteiger partial charge < -0.3 is 15.4 Å². The van der Waals surface area contributed by atoms with E-state index in [4.69, 9.17) is 16.3 Å². The molecule has 0 spiro atoms. The largest absolute Gasteiger partial charge is 0.481 e. The van der Waals surface area contributed by atoms with Gasteiger partial charge in [-0.15, -0.1) is 0 Å². The van der Waals surface area contributed by atoms with Gasteiger partial charge in [0.1, 0.15) is 0 Å². The van der Waals surface area contributed by atoms with Crippen LogP contribution in [0.1, 0.15) is 20.7 Å². The summed E-state index contributed by atoms with van der Waals surface area (Å²) in [6.07, 6.45) is 1.43. The monoisotopic (exact) mass is 333 g/mol. The van der Waals surface area contributed by atoms with Crippen LogP contribution in [0.2, 0.25) is 5.02 Å². The molecule has 0 aliphatic carbocycles. The Labute approximate surface area is 138 Å². The molecule has 2 aromatic rings. The number of aromatic nitrogens is 1. The van der Waals surface area contributed by atoms with Crippen LogP contribution in [-0.4, -0.2) is 37.0 Å². The normalized spacial score (nSPS) is 10.0. The molecule has 1 aromatic carbocycles. The molecule has 0 aliphatic rings. The molecule has 7 heteroatoms. The number of nitrogens with zero attached hydrogens (tertiary/aromatic N) is 1. The van der Waals surface area contributed by atoms with Crippen molar-refractivity contribution in [3.8, 4) is 5.88 Å². The SMILES string of the molecule is COc1ccc(C(=O)NCCNC(=O)c2ccc(Cl)cc2)cn1. The summed E-state index contributed by atoms with van der Waals surface area (Å²) in [5.41, 5.74) is 0.940. The summed E-state index contributed by atoms with van der Waals surface area (Å²) in [6.45, 7) is 0.626. The number of methoxy groups -OCH3 is 1. The summed E-state index contributed by atoms with van der Waals surface area (Å²) in [4.78, 5) is 27.7. The number of benzene rings is 1. The maximum atomic E-state index is 11.9. The fourth-order valence-corrected chi connectivity index (χ4v) is 1.92. The molecule has 0 bridgehead atoms. The van der Waals surface area contributed by atoms with E-state index in [1.807, 2.05) is 0 Å². The number of halogens is 1. The minimum atomic E-state index is -0.263.